The van der Waals surface area contributed by atoms with Crippen molar-refractivity contribution in [3.05, 3.63) is 29.8 Å². The summed E-state index contributed by atoms with van der Waals surface area (Å²) in [6.45, 7) is 1.01. The van der Waals surface area contributed by atoms with Gasteiger partial charge in [0.1, 0.15) is 0 Å². The third-order valence-electron chi connectivity index (χ3n) is 4.54. The molecule has 3 rings (SSSR count). The summed E-state index contributed by atoms with van der Waals surface area (Å²) in [4.78, 5) is 0.0385. The van der Waals surface area contributed by atoms with Crippen LogP contribution < -0.4 is 0 Å². The van der Waals surface area contributed by atoms with Gasteiger partial charge in [-0.2, -0.15) is 17.5 Å². The molecule has 0 atom stereocenters. The molecule has 1 aromatic rings. The van der Waals surface area contributed by atoms with Gasteiger partial charge in [-0.3, -0.25) is 0 Å². The van der Waals surface area contributed by atoms with Crippen molar-refractivity contribution >= 4 is 10.0 Å². The minimum Gasteiger partial charge on any atom is -0.378 e. The van der Waals surface area contributed by atoms with Gasteiger partial charge < -0.3 is 4.74 Å². The molecule has 1 aliphatic heterocycles. The Kier molecular flexibility index (Phi) is 4.18. The van der Waals surface area contributed by atoms with E-state index in [9.17, 15) is 21.6 Å². The molecule has 2 fully saturated rings. The molecule has 1 aliphatic carbocycles. The Bertz CT molecular complexity index is 666. The Morgan fingerprint density at radius 2 is 1.83 bits per heavy atom. The number of morpholine rings is 1. The summed E-state index contributed by atoms with van der Waals surface area (Å²) in [5.74, 6) is 0. The van der Waals surface area contributed by atoms with Crippen LogP contribution in [0.25, 0.3) is 0 Å². The number of benzene rings is 1. The maximum atomic E-state index is 12.8. The summed E-state index contributed by atoms with van der Waals surface area (Å²) < 4.78 is 69.7. The van der Waals surface area contributed by atoms with Gasteiger partial charge in [0, 0.05) is 6.54 Å². The van der Waals surface area contributed by atoms with Crippen molar-refractivity contribution in [2.75, 3.05) is 19.8 Å². The minimum absolute atomic E-state index is 0.0385. The van der Waals surface area contributed by atoms with Crippen molar-refractivity contribution < 1.29 is 26.3 Å². The summed E-state index contributed by atoms with van der Waals surface area (Å²) in [5.41, 5.74) is -0.418. The highest BCUT2D eigenvalue weighted by Crippen LogP contribution is 2.42. The van der Waals surface area contributed by atoms with E-state index in [0.29, 0.717) is 13.2 Å². The van der Waals surface area contributed by atoms with E-state index in [-0.39, 0.29) is 17.0 Å². The molecule has 2 aliphatic rings. The summed E-state index contributed by atoms with van der Waals surface area (Å²) in [6, 6.07) is 4.99. The summed E-state index contributed by atoms with van der Waals surface area (Å²) in [7, 11) is -3.72. The van der Waals surface area contributed by atoms with Gasteiger partial charge in [-0.25, -0.2) is 8.42 Å². The highest BCUT2D eigenvalue weighted by Gasteiger charge is 2.50. The van der Waals surface area contributed by atoms with Crippen molar-refractivity contribution in [1.82, 2.24) is 4.31 Å². The predicted molar refractivity (Wildman–Crippen MR) is 77.5 cm³/mol. The van der Waals surface area contributed by atoms with E-state index in [1.807, 2.05) is 0 Å². The third kappa shape index (κ3) is 3.25. The monoisotopic (exact) mass is 349 g/mol. The Morgan fingerprint density at radius 3 is 2.35 bits per heavy atom. The van der Waals surface area contributed by atoms with Crippen LogP contribution in [0.5, 0.6) is 0 Å². The smallest absolute Gasteiger partial charge is 0.378 e. The number of alkyl halides is 3. The second-order valence-electron chi connectivity index (χ2n) is 6.14. The molecule has 0 unspecified atom stereocenters. The van der Waals surface area contributed by atoms with Gasteiger partial charge in [-0.15, -0.1) is 0 Å². The number of nitrogens with zero attached hydrogens (tertiary/aromatic N) is 1. The van der Waals surface area contributed by atoms with Crippen LogP contribution in [0.4, 0.5) is 13.2 Å². The fraction of sp³-hybridized carbons (Fsp3) is 0.600. The summed E-state index contributed by atoms with van der Waals surface area (Å²) in [6.07, 6.45) is -2.88. The van der Waals surface area contributed by atoms with Crippen molar-refractivity contribution in [2.45, 2.75) is 42.3 Å². The van der Waals surface area contributed by atoms with Crippen LogP contribution in [-0.2, 0) is 21.2 Å². The molecule has 1 spiro atoms. The third-order valence-corrected chi connectivity index (χ3v) is 6.56. The summed E-state index contributed by atoms with van der Waals surface area (Å²) >= 11 is 0. The standard InChI is InChI=1S/C15H18F3NO3S/c16-15(17,18)10-12-2-4-13(5-3-12)23(20,21)19-8-9-22-11-14(19)6-1-7-14/h2-5H,1,6-11H2. The largest absolute Gasteiger partial charge is 0.393 e. The first-order valence-electron chi connectivity index (χ1n) is 7.49. The Balaban J connectivity index is 1.84. The molecular weight excluding hydrogens is 331 g/mol. The molecule has 8 heteroatoms. The van der Waals surface area contributed by atoms with E-state index in [4.69, 9.17) is 4.74 Å². The van der Waals surface area contributed by atoms with Gasteiger partial charge in [-0.1, -0.05) is 12.1 Å². The van der Waals surface area contributed by atoms with Crippen LogP contribution in [0.2, 0.25) is 0 Å². The Hall–Kier alpha value is -1.12. The topological polar surface area (TPSA) is 46.6 Å². The number of halogens is 3. The molecule has 23 heavy (non-hydrogen) atoms. The molecule has 1 saturated heterocycles. The zero-order valence-electron chi connectivity index (χ0n) is 12.5. The molecule has 0 bridgehead atoms. The van der Waals surface area contributed by atoms with Crippen molar-refractivity contribution in [2.24, 2.45) is 0 Å². The van der Waals surface area contributed by atoms with Crippen LogP contribution in [-0.4, -0.2) is 44.2 Å². The molecule has 1 aromatic carbocycles. The average molecular weight is 349 g/mol. The molecule has 4 nitrogen and oxygen atoms in total. The lowest BCUT2D eigenvalue weighted by Gasteiger charge is -2.51. The zero-order chi connectivity index (χ0) is 16.7. The fourth-order valence-corrected chi connectivity index (χ4v) is 5.01. The van der Waals surface area contributed by atoms with Crippen LogP contribution >= 0.6 is 0 Å². The lowest BCUT2D eigenvalue weighted by molar-refractivity contribution is -0.127. The average Bonchev–Trinajstić information content (AvgIpc) is 2.44. The van der Waals surface area contributed by atoms with Gasteiger partial charge in [0.2, 0.25) is 10.0 Å². The molecule has 0 radical (unpaired) electrons. The number of sulfonamides is 1. The second kappa shape index (κ2) is 5.75. The highest BCUT2D eigenvalue weighted by molar-refractivity contribution is 7.89. The van der Waals surface area contributed by atoms with E-state index >= 15 is 0 Å². The van der Waals surface area contributed by atoms with Gasteiger partial charge in [0.15, 0.2) is 0 Å². The van der Waals surface area contributed by atoms with Crippen LogP contribution in [0.1, 0.15) is 24.8 Å². The first kappa shape index (κ1) is 16.7. The summed E-state index contributed by atoms with van der Waals surface area (Å²) in [5, 5.41) is 0. The fourth-order valence-electron chi connectivity index (χ4n) is 3.21. The Labute approximate surface area is 133 Å². The molecule has 0 N–H and O–H groups in total. The van der Waals surface area contributed by atoms with Crippen molar-refractivity contribution in [3.63, 3.8) is 0 Å². The maximum absolute atomic E-state index is 12.8. The number of hydrogen-bond acceptors (Lipinski definition) is 3. The van der Waals surface area contributed by atoms with Gasteiger partial charge >= 0.3 is 6.18 Å². The SMILES string of the molecule is O=S(=O)(c1ccc(CC(F)(F)F)cc1)N1CCOCC12CCC2. The minimum atomic E-state index is -4.30. The normalized spacial score (nSPS) is 22.0. The van der Waals surface area contributed by atoms with Crippen molar-refractivity contribution in [3.8, 4) is 0 Å². The highest BCUT2D eigenvalue weighted by atomic mass is 32.2. The zero-order valence-corrected chi connectivity index (χ0v) is 13.3. The first-order chi connectivity index (χ1) is 10.7. The second-order valence-corrected chi connectivity index (χ2v) is 8.01. The van der Waals surface area contributed by atoms with Gasteiger partial charge in [-0.05, 0) is 37.0 Å². The van der Waals surface area contributed by atoms with E-state index in [1.54, 1.807) is 0 Å². The van der Waals surface area contributed by atoms with Crippen LogP contribution in [0, 0.1) is 0 Å². The maximum Gasteiger partial charge on any atom is 0.393 e. The molecule has 128 valence electrons. The molecular formula is C15H18F3NO3S. The Morgan fingerprint density at radius 1 is 1.17 bits per heavy atom. The number of rotatable bonds is 3. The molecule has 1 saturated carbocycles. The lowest BCUT2D eigenvalue weighted by Crippen LogP contribution is -2.62. The van der Waals surface area contributed by atoms with Crippen LogP contribution in [0.3, 0.4) is 0 Å². The molecule has 0 aromatic heterocycles. The van der Waals surface area contributed by atoms with E-state index in [2.05, 4.69) is 0 Å². The van der Waals surface area contributed by atoms with E-state index in [1.165, 1.54) is 28.6 Å². The quantitative estimate of drug-likeness (QED) is 0.843. The van der Waals surface area contributed by atoms with E-state index in [0.717, 1.165) is 19.3 Å². The van der Waals surface area contributed by atoms with E-state index < -0.39 is 28.2 Å². The predicted octanol–water partition coefficient (Wildman–Crippen LogP) is 2.74. The van der Waals surface area contributed by atoms with Gasteiger partial charge in [0.05, 0.1) is 30.1 Å². The van der Waals surface area contributed by atoms with Crippen LogP contribution in [0.15, 0.2) is 29.2 Å². The number of hydrogen-bond donors (Lipinski definition) is 0. The molecule has 1 heterocycles. The lowest BCUT2D eigenvalue weighted by atomic mass is 9.77. The first-order valence-corrected chi connectivity index (χ1v) is 8.93. The number of ether oxygens (including phenoxy) is 1. The molecule has 0 amide bonds. The van der Waals surface area contributed by atoms with Gasteiger partial charge in [0.25, 0.3) is 0 Å². The van der Waals surface area contributed by atoms with Crippen molar-refractivity contribution in [1.29, 1.82) is 0 Å².